The maximum Gasteiger partial charge on any atom is 0.145 e. The predicted octanol–water partition coefficient (Wildman–Crippen LogP) is 5.68. The Bertz CT molecular complexity index is 1780. The molecule has 1 aliphatic heterocycles. The van der Waals surface area contributed by atoms with Gasteiger partial charge in [0.1, 0.15) is 12.5 Å². The van der Waals surface area contributed by atoms with Crippen molar-refractivity contribution in [2.45, 2.75) is 108 Å². The SMILES string of the molecule is C=C(C=CC=C(CO)[C@@H]1CC[C@]2([C@@H]1O)[C@@H]1C(=C(C)C=O)[C@H](C=C[C@H]1CCO)C[C@]2(O)CCNC)[C@@H]1Cc2cccc(c2)C[C@@](C)(CCOC)N[C@@H](O)C2=C[C@@H]1CCC2. The third-order valence-electron chi connectivity index (χ3n) is 14.8. The highest BCUT2D eigenvalue weighted by atomic mass is 16.5. The molecule has 6 rings (SSSR count). The second kappa shape index (κ2) is 19.2. The summed E-state index contributed by atoms with van der Waals surface area (Å²) < 4.78 is 5.46. The maximum atomic E-state index is 12.8. The first-order chi connectivity index (χ1) is 27.9. The van der Waals surface area contributed by atoms with E-state index in [1.165, 1.54) is 11.1 Å². The van der Waals surface area contributed by atoms with Gasteiger partial charge in [0.15, 0.2) is 0 Å². The summed E-state index contributed by atoms with van der Waals surface area (Å²) in [7, 11) is 3.58. The molecule has 1 aromatic carbocycles. The number of carbonyl (C=O) groups is 1. The molecule has 9 heteroatoms. The Kier molecular flexibility index (Phi) is 14.7. The number of fused-ring (bicyclic) bond motifs is 6. The maximum absolute atomic E-state index is 12.8. The Labute approximate surface area is 346 Å². The van der Waals surface area contributed by atoms with Crippen LogP contribution >= 0.6 is 0 Å². The average Bonchev–Trinajstić information content (AvgIpc) is 3.56. The van der Waals surface area contributed by atoms with E-state index in [4.69, 9.17) is 4.74 Å². The summed E-state index contributed by atoms with van der Waals surface area (Å²) in [6.45, 7) is 9.48. The molecule has 1 aromatic rings. The molecule has 1 heterocycles. The number of hydrogen-bond acceptors (Lipinski definition) is 9. The van der Waals surface area contributed by atoms with Gasteiger partial charge in [-0.15, -0.1) is 0 Å². The van der Waals surface area contributed by atoms with Crippen LogP contribution in [0.5, 0.6) is 0 Å². The number of carbonyl (C=O) groups excluding carboxylic acids is 1. The van der Waals surface area contributed by atoms with Crippen molar-refractivity contribution in [2.75, 3.05) is 40.5 Å². The van der Waals surface area contributed by atoms with Crippen molar-refractivity contribution in [3.8, 4) is 0 Å². The highest BCUT2D eigenvalue weighted by Gasteiger charge is 2.68. The lowest BCUT2D eigenvalue weighted by Crippen LogP contribution is -2.65. The minimum atomic E-state index is -1.24. The highest BCUT2D eigenvalue weighted by molar-refractivity contribution is 5.74. The number of aldehydes is 1. The number of methoxy groups -OCH3 is 1. The molecule has 7 N–H and O–H groups in total. The molecule has 0 unspecified atom stereocenters. The fourth-order valence-corrected chi connectivity index (χ4v) is 11.9. The van der Waals surface area contributed by atoms with Gasteiger partial charge in [0.25, 0.3) is 0 Å². The molecule has 1 spiro atoms. The summed E-state index contributed by atoms with van der Waals surface area (Å²) in [5, 5.41) is 64.9. The summed E-state index contributed by atoms with van der Waals surface area (Å²) >= 11 is 0. The largest absolute Gasteiger partial charge is 0.396 e. The molecular weight excluding hydrogens is 729 g/mol. The van der Waals surface area contributed by atoms with Gasteiger partial charge in [-0.3, -0.25) is 10.1 Å². The fraction of sp³-hybridized carbons (Fsp3) is 0.612. The highest BCUT2D eigenvalue weighted by Crippen LogP contribution is 2.67. The number of allylic oxidation sites excluding steroid dienone is 9. The molecule has 0 aromatic heterocycles. The van der Waals surface area contributed by atoms with Crippen LogP contribution in [-0.2, 0) is 22.4 Å². The van der Waals surface area contributed by atoms with E-state index in [-0.39, 0.29) is 48.3 Å². The van der Waals surface area contributed by atoms with Crippen LogP contribution in [0.3, 0.4) is 0 Å². The molecular formula is C49H70N2O7. The van der Waals surface area contributed by atoms with Crippen molar-refractivity contribution in [1.29, 1.82) is 0 Å². The van der Waals surface area contributed by atoms with Crippen LogP contribution < -0.4 is 10.6 Å². The normalized spacial score (nSPS) is 37.3. The van der Waals surface area contributed by atoms with Crippen molar-refractivity contribution in [3.63, 3.8) is 0 Å². The van der Waals surface area contributed by atoms with Crippen molar-refractivity contribution in [1.82, 2.24) is 10.6 Å². The summed E-state index contributed by atoms with van der Waals surface area (Å²) in [6, 6.07) is 8.76. The first-order valence-corrected chi connectivity index (χ1v) is 21.8. The zero-order valence-electron chi connectivity index (χ0n) is 35.3. The quantitative estimate of drug-likeness (QED) is 0.0546. The van der Waals surface area contributed by atoms with Gasteiger partial charge in [0, 0.05) is 43.1 Å². The Morgan fingerprint density at radius 3 is 2.64 bits per heavy atom. The standard InChI is InChI=1S/C49H70N2O7/c1-32(42-26-34-10-7-11-35(25-34)28-47(3,21-24-58-5)51-46(56)38-13-8-12-37(42)27-38)9-6-14-40(31-54)41-17-19-49(45(41)55)44-36(18-23-52)15-16-39(43(44)33(2)30-53)29-48(49,57)20-22-50-4/h6-7,9-11,14-16,25,27,30,36-37,39,41-42,44-46,50-52,54-57H,1,8,12-13,17-24,26,28-29,31H2,2-5H3/t36-,37-,39+,41-,42-,44-,45+,46-,47+,48+,49+/m0/s1. The smallest absolute Gasteiger partial charge is 0.145 e. The lowest BCUT2D eigenvalue weighted by atomic mass is 9.45. The minimum absolute atomic E-state index is 0.0409. The van der Waals surface area contributed by atoms with E-state index in [0.29, 0.717) is 56.4 Å². The topological polar surface area (TPSA) is 152 Å². The molecule has 4 aliphatic carbocycles. The number of aliphatic hydroxyl groups is 5. The predicted molar refractivity (Wildman–Crippen MR) is 230 cm³/mol. The van der Waals surface area contributed by atoms with Gasteiger partial charge < -0.3 is 35.6 Å². The van der Waals surface area contributed by atoms with Crippen LogP contribution in [0.1, 0.15) is 82.8 Å². The fourth-order valence-electron chi connectivity index (χ4n) is 11.9. The molecule has 2 fully saturated rings. The van der Waals surface area contributed by atoms with Gasteiger partial charge in [-0.2, -0.15) is 0 Å². The van der Waals surface area contributed by atoms with Gasteiger partial charge in [-0.1, -0.05) is 78.4 Å². The van der Waals surface area contributed by atoms with E-state index >= 15 is 0 Å². The third-order valence-corrected chi connectivity index (χ3v) is 14.8. The zero-order chi connectivity index (χ0) is 41.7. The average molecular weight is 799 g/mol. The second-order valence-corrected chi connectivity index (χ2v) is 18.4. The molecule has 58 heavy (non-hydrogen) atoms. The lowest BCUT2D eigenvalue weighted by molar-refractivity contribution is -0.194. The van der Waals surface area contributed by atoms with E-state index in [2.05, 4.69) is 66.6 Å². The van der Waals surface area contributed by atoms with Crippen molar-refractivity contribution in [3.05, 3.63) is 106 Å². The Hall–Kier alpha value is -2.99. The van der Waals surface area contributed by atoms with Crippen LogP contribution in [0, 0.1) is 40.9 Å². The Balaban J connectivity index is 1.31. The minimum Gasteiger partial charge on any atom is -0.396 e. The molecule has 0 saturated heterocycles. The number of hydrogen-bond donors (Lipinski definition) is 7. The second-order valence-electron chi connectivity index (χ2n) is 18.4. The number of aliphatic hydroxyl groups excluding tert-OH is 4. The molecule has 0 radical (unpaired) electrons. The molecule has 11 atom stereocenters. The molecule has 5 aliphatic rings. The van der Waals surface area contributed by atoms with E-state index in [9.17, 15) is 30.3 Å². The molecule has 6 bridgehead atoms. The number of nitrogens with one attached hydrogen (secondary N) is 2. The van der Waals surface area contributed by atoms with Crippen LogP contribution in [-0.4, -0.2) is 95.8 Å². The van der Waals surface area contributed by atoms with Gasteiger partial charge in [0.05, 0.1) is 18.3 Å². The van der Waals surface area contributed by atoms with Gasteiger partial charge >= 0.3 is 0 Å². The van der Waals surface area contributed by atoms with Crippen LogP contribution in [0.4, 0.5) is 0 Å². The van der Waals surface area contributed by atoms with Gasteiger partial charge in [-0.05, 0) is 150 Å². The third kappa shape index (κ3) is 8.89. The number of rotatable bonds is 14. The molecule has 318 valence electrons. The Morgan fingerprint density at radius 1 is 1.12 bits per heavy atom. The van der Waals surface area contributed by atoms with Crippen molar-refractivity contribution >= 4 is 6.29 Å². The molecule has 9 nitrogen and oxygen atoms in total. The summed E-state index contributed by atoms with van der Waals surface area (Å²) in [6.07, 6.45) is 19.1. The summed E-state index contributed by atoms with van der Waals surface area (Å²) in [4.78, 5) is 12.3. The van der Waals surface area contributed by atoms with Crippen molar-refractivity contribution in [2.24, 2.45) is 40.9 Å². The first-order valence-electron chi connectivity index (χ1n) is 21.8. The van der Waals surface area contributed by atoms with E-state index in [0.717, 1.165) is 61.5 Å². The van der Waals surface area contributed by atoms with Crippen LogP contribution in [0.25, 0.3) is 0 Å². The lowest BCUT2D eigenvalue weighted by Gasteiger charge is -2.61. The van der Waals surface area contributed by atoms with Crippen molar-refractivity contribution < 1.29 is 35.1 Å². The van der Waals surface area contributed by atoms with Crippen LogP contribution in [0.15, 0.2) is 95.2 Å². The van der Waals surface area contributed by atoms with E-state index in [1.54, 1.807) is 7.11 Å². The number of benzene rings is 1. The number of ether oxygens (including phenoxy) is 1. The van der Waals surface area contributed by atoms with Gasteiger partial charge in [0.2, 0.25) is 0 Å². The zero-order valence-corrected chi connectivity index (χ0v) is 35.3. The molecule has 0 amide bonds. The summed E-state index contributed by atoms with van der Waals surface area (Å²) in [5.41, 5.74) is 4.19. The first kappa shape index (κ1) is 44.6. The monoisotopic (exact) mass is 799 g/mol. The van der Waals surface area contributed by atoms with E-state index < -0.39 is 29.3 Å². The Morgan fingerprint density at radius 2 is 1.91 bits per heavy atom. The van der Waals surface area contributed by atoms with Gasteiger partial charge in [-0.25, -0.2) is 0 Å². The summed E-state index contributed by atoms with van der Waals surface area (Å²) in [5.74, 6) is -0.737. The van der Waals surface area contributed by atoms with Crippen LogP contribution in [0.2, 0.25) is 0 Å². The molecule has 2 saturated carbocycles. The van der Waals surface area contributed by atoms with E-state index in [1.807, 2.05) is 32.2 Å².